The van der Waals surface area contributed by atoms with Crippen molar-refractivity contribution in [2.45, 2.75) is 39.0 Å². The van der Waals surface area contributed by atoms with Gasteiger partial charge in [0.2, 0.25) is 0 Å². The van der Waals surface area contributed by atoms with E-state index in [9.17, 15) is 4.79 Å². The Labute approximate surface area is 193 Å². The quantitative estimate of drug-likeness (QED) is 0.505. The average molecular weight is 452 g/mol. The Hall–Kier alpha value is -2.90. The van der Waals surface area contributed by atoms with Gasteiger partial charge in [-0.2, -0.15) is 0 Å². The number of aromatic nitrogens is 1. The van der Waals surface area contributed by atoms with Gasteiger partial charge in [0.15, 0.2) is 5.11 Å². The Morgan fingerprint density at radius 3 is 2.84 bits per heavy atom. The second kappa shape index (κ2) is 10.6. The van der Waals surface area contributed by atoms with Gasteiger partial charge in [0, 0.05) is 36.2 Å². The fourth-order valence-electron chi connectivity index (χ4n) is 3.95. The third-order valence-corrected chi connectivity index (χ3v) is 5.99. The molecular weight excluding hydrogens is 422 g/mol. The molecule has 0 spiro atoms. The normalized spacial score (nSPS) is 15.6. The standard InChI is InChI=1S/C25H29N3O3S/c1-2-30-21-10-11-23-19(14-21)13-20(24(29)27-23)16-28(17-22-9-6-12-31-22)25(32)26-15-18-7-4-3-5-8-18/h3-5,7-8,10-11,13-14,22H,2,6,9,12,15-17H2,1H3,(H,26,32)(H,27,29)/t22-/m1/s1. The fraction of sp³-hybridized carbons (Fsp3) is 0.360. The molecule has 2 aromatic carbocycles. The number of nitrogens with one attached hydrogen (secondary N) is 2. The number of rotatable bonds is 8. The van der Waals surface area contributed by atoms with Gasteiger partial charge in [-0.25, -0.2) is 0 Å². The average Bonchev–Trinajstić information content (AvgIpc) is 3.32. The minimum Gasteiger partial charge on any atom is -0.494 e. The summed E-state index contributed by atoms with van der Waals surface area (Å²) in [7, 11) is 0. The van der Waals surface area contributed by atoms with Crippen LogP contribution in [0, 0.1) is 0 Å². The minimum absolute atomic E-state index is 0.107. The molecule has 2 N–H and O–H groups in total. The van der Waals surface area contributed by atoms with Crippen LogP contribution in [0.3, 0.4) is 0 Å². The summed E-state index contributed by atoms with van der Waals surface area (Å²) >= 11 is 5.73. The molecule has 1 aromatic heterocycles. The molecule has 168 valence electrons. The third-order valence-electron chi connectivity index (χ3n) is 5.59. The molecule has 0 radical (unpaired) electrons. The van der Waals surface area contributed by atoms with Crippen LogP contribution in [0.2, 0.25) is 0 Å². The molecule has 1 aliphatic rings. The lowest BCUT2D eigenvalue weighted by Crippen LogP contribution is -2.43. The first kappa shape index (κ1) is 22.3. The molecule has 0 aliphatic carbocycles. The van der Waals surface area contributed by atoms with Crippen molar-refractivity contribution in [3.8, 4) is 5.75 Å². The van der Waals surface area contributed by atoms with Crippen LogP contribution in [-0.2, 0) is 17.8 Å². The predicted molar refractivity (Wildman–Crippen MR) is 131 cm³/mol. The first-order valence-corrected chi connectivity index (χ1v) is 11.5. The molecule has 1 saturated heterocycles. The van der Waals surface area contributed by atoms with Crippen LogP contribution in [0.1, 0.15) is 30.9 Å². The maximum Gasteiger partial charge on any atom is 0.253 e. The molecule has 7 heteroatoms. The largest absolute Gasteiger partial charge is 0.494 e. The summed E-state index contributed by atoms with van der Waals surface area (Å²) in [6.07, 6.45) is 2.18. The van der Waals surface area contributed by atoms with Crippen LogP contribution in [0.4, 0.5) is 0 Å². The van der Waals surface area contributed by atoms with E-state index in [0.717, 1.165) is 41.7 Å². The molecular formula is C25H29N3O3S. The van der Waals surface area contributed by atoms with Crippen LogP contribution in [0.25, 0.3) is 10.9 Å². The van der Waals surface area contributed by atoms with E-state index in [1.165, 1.54) is 0 Å². The molecule has 0 amide bonds. The van der Waals surface area contributed by atoms with E-state index >= 15 is 0 Å². The highest BCUT2D eigenvalue weighted by Crippen LogP contribution is 2.20. The molecule has 1 atom stereocenters. The molecule has 4 rings (SSSR count). The summed E-state index contributed by atoms with van der Waals surface area (Å²) in [5, 5.41) is 4.90. The Bertz CT molecular complexity index is 1110. The zero-order chi connectivity index (χ0) is 22.3. The van der Waals surface area contributed by atoms with Crippen molar-refractivity contribution in [3.05, 3.63) is 76.1 Å². The summed E-state index contributed by atoms with van der Waals surface area (Å²) in [5.74, 6) is 0.786. The summed E-state index contributed by atoms with van der Waals surface area (Å²) in [6, 6.07) is 17.8. The Kier molecular flexibility index (Phi) is 7.39. The van der Waals surface area contributed by atoms with Gasteiger partial charge in [0.1, 0.15) is 5.75 Å². The van der Waals surface area contributed by atoms with Crippen molar-refractivity contribution >= 4 is 28.2 Å². The van der Waals surface area contributed by atoms with Crippen molar-refractivity contribution in [3.63, 3.8) is 0 Å². The number of hydrogen-bond donors (Lipinski definition) is 2. The monoisotopic (exact) mass is 451 g/mol. The molecule has 2 heterocycles. The molecule has 1 aliphatic heterocycles. The summed E-state index contributed by atoms with van der Waals surface area (Å²) in [4.78, 5) is 17.8. The van der Waals surface area contributed by atoms with Gasteiger partial charge in [-0.05, 0) is 61.8 Å². The number of thiocarbonyl (C=S) groups is 1. The van der Waals surface area contributed by atoms with E-state index in [-0.39, 0.29) is 11.7 Å². The molecule has 6 nitrogen and oxygen atoms in total. The van der Waals surface area contributed by atoms with Crippen molar-refractivity contribution in [2.24, 2.45) is 0 Å². The number of aromatic amines is 1. The van der Waals surface area contributed by atoms with E-state index in [1.54, 1.807) is 0 Å². The van der Waals surface area contributed by atoms with Gasteiger partial charge in [-0.15, -0.1) is 0 Å². The summed E-state index contributed by atoms with van der Waals surface area (Å²) < 4.78 is 11.5. The maximum absolute atomic E-state index is 12.8. The van der Waals surface area contributed by atoms with Crippen LogP contribution in [-0.4, -0.2) is 40.9 Å². The number of nitrogens with zero attached hydrogens (tertiary/aromatic N) is 1. The van der Waals surface area contributed by atoms with Crippen LogP contribution in [0.15, 0.2) is 59.4 Å². The smallest absolute Gasteiger partial charge is 0.253 e. The van der Waals surface area contributed by atoms with Gasteiger partial charge in [-0.1, -0.05) is 30.3 Å². The number of benzene rings is 2. The Balaban J connectivity index is 1.54. The van der Waals surface area contributed by atoms with Crippen LogP contribution >= 0.6 is 12.2 Å². The SMILES string of the molecule is CCOc1ccc2[nH]c(=O)c(CN(C[C@H]3CCCO3)C(=S)NCc3ccccc3)cc2c1. The third kappa shape index (κ3) is 5.66. The van der Waals surface area contributed by atoms with E-state index in [4.69, 9.17) is 21.7 Å². The molecule has 0 bridgehead atoms. The topological polar surface area (TPSA) is 66.6 Å². The minimum atomic E-state index is -0.107. The number of H-pyrrole nitrogens is 1. The second-order valence-corrected chi connectivity index (χ2v) is 8.35. The first-order chi connectivity index (χ1) is 15.6. The highest BCUT2D eigenvalue weighted by molar-refractivity contribution is 7.80. The lowest BCUT2D eigenvalue weighted by atomic mass is 10.1. The molecule has 32 heavy (non-hydrogen) atoms. The van der Waals surface area contributed by atoms with Gasteiger partial charge in [-0.3, -0.25) is 4.79 Å². The van der Waals surface area contributed by atoms with E-state index in [2.05, 4.69) is 22.4 Å². The van der Waals surface area contributed by atoms with Crippen molar-refractivity contribution in [1.82, 2.24) is 15.2 Å². The number of fused-ring (bicyclic) bond motifs is 1. The van der Waals surface area contributed by atoms with Gasteiger partial charge >= 0.3 is 0 Å². The molecule has 1 fully saturated rings. The Morgan fingerprint density at radius 2 is 2.09 bits per heavy atom. The van der Waals surface area contributed by atoms with Crippen molar-refractivity contribution < 1.29 is 9.47 Å². The lowest BCUT2D eigenvalue weighted by Gasteiger charge is -2.28. The summed E-state index contributed by atoms with van der Waals surface area (Å²) in [5.41, 5.74) is 2.49. The van der Waals surface area contributed by atoms with E-state index in [1.807, 2.05) is 54.3 Å². The molecule has 3 aromatic rings. The zero-order valence-corrected chi connectivity index (χ0v) is 19.1. The van der Waals surface area contributed by atoms with Crippen LogP contribution in [0.5, 0.6) is 5.75 Å². The van der Waals surface area contributed by atoms with E-state index in [0.29, 0.717) is 36.9 Å². The number of pyridine rings is 1. The second-order valence-electron chi connectivity index (χ2n) is 7.97. The maximum atomic E-state index is 12.8. The Morgan fingerprint density at radius 1 is 1.25 bits per heavy atom. The highest BCUT2D eigenvalue weighted by Gasteiger charge is 2.22. The first-order valence-electron chi connectivity index (χ1n) is 11.1. The van der Waals surface area contributed by atoms with Gasteiger partial charge in [0.05, 0.1) is 19.3 Å². The summed E-state index contributed by atoms with van der Waals surface area (Å²) in [6.45, 7) is 5.02. The van der Waals surface area contributed by atoms with Gasteiger partial charge < -0.3 is 24.7 Å². The lowest BCUT2D eigenvalue weighted by molar-refractivity contribution is 0.0896. The predicted octanol–water partition coefficient (Wildman–Crippen LogP) is 3.98. The van der Waals surface area contributed by atoms with E-state index < -0.39 is 0 Å². The zero-order valence-electron chi connectivity index (χ0n) is 18.3. The van der Waals surface area contributed by atoms with Crippen molar-refractivity contribution in [2.75, 3.05) is 19.8 Å². The molecule has 0 unspecified atom stereocenters. The fourth-order valence-corrected chi connectivity index (χ4v) is 4.16. The van der Waals surface area contributed by atoms with Crippen LogP contribution < -0.4 is 15.6 Å². The highest BCUT2D eigenvalue weighted by atomic mass is 32.1. The number of ether oxygens (including phenoxy) is 2. The number of hydrogen-bond acceptors (Lipinski definition) is 4. The molecule has 0 saturated carbocycles. The van der Waals surface area contributed by atoms with Gasteiger partial charge in [0.25, 0.3) is 5.56 Å². The van der Waals surface area contributed by atoms with Crippen molar-refractivity contribution in [1.29, 1.82) is 0 Å².